The summed E-state index contributed by atoms with van der Waals surface area (Å²) in [6.07, 6.45) is 3.26. The summed E-state index contributed by atoms with van der Waals surface area (Å²) in [5.41, 5.74) is 2.09. The van der Waals surface area contributed by atoms with E-state index in [4.69, 9.17) is 4.74 Å². The first-order valence-corrected chi connectivity index (χ1v) is 9.97. The summed E-state index contributed by atoms with van der Waals surface area (Å²) in [7, 11) is 0. The second kappa shape index (κ2) is 9.56. The molecule has 0 aliphatic carbocycles. The highest BCUT2D eigenvalue weighted by atomic mass is 16.5. The van der Waals surface area contributed by atoms with Gasteiger partial charge in [-0.25, -0.2) is 4.79 Å². The number of anilines is 1. The third-order valence-electron chi connectivity index (χ3n) is 5.23. The third kappa shape index (κ3) is 5.14. The minimum Gasteiger partial charge on any atom is -0.465 e. The van der Waals surface area contributed by atoms with E-state index in [-0.39, 0.29) is 24.4 Å². The van der Waals surface area contributed by atoms with E-state index in [1.807, 2.05) is 31.2 Å². The van der Waals surface area contributed by atoms with Crippen LogP contribution in [0.15, 0.2) is 36.4 Å². The van der Waals surface area contributed by atoms with Gasteiger partial charge in [0, 0.05) is 37.5 Å². The molecule has 1 aromatic rings. The molecule has 0 radical (unpaired) electrons. The number of amides is 3. The smallest absolute Gasteiger partial charge is 0.407 e. The van der Waals surface area contributed by atoms with Crippen molar-refractivity contribution in [1.29, 1.82) is 0 Å². The molecule has 1 saturated heterocycles. The average Bonchev–Trinajstić information content (AvgIpc) is 2.98. The first-order chi connectivity index (χ1) is 14.0. The molecule has 0 bridgehead atoms. The summed E-state index contributed by atoms with van der Waals surface area (Å²) in [5.74, 6) is -0.487. The number of nitrogens with one attached hydrogen (secondary N) is 1. The van der Waals surface area contributed by atoms with Gasteiger partial charge in [-0.1, -0.05) is 31.2 Å². The van der Waals surface area contributed by atoms with Crippen LogP contribution in [0.5, 0.6) is 0 Å². The molecule has 2 atom stereocenters. The van der Waals surface area contributed by atoms with Crippen molar-refractivity contribution in [3.63, 3.8) is 0 Å². The van der Waals surface area contributed by atoms with Gasteiger partial charge in [0.15, 0.2) is 6.10 Å². The number of nitrogens with zero attached hydrogens (tertiary/aromatic N) is 2. The van der Waals surface area contributed by atoms with Crippen molar-refractivity contribution in [2.24, 2.45) is 0 Å². The number of para-hydroxylation sites is 1. The molecule has 0 saturated carbocycles. The van der Waals surface area contributed by atoms with Gasteiger partial charge in [0.25, 0.3) is 11.8 Å². The number of benzene rings is 1. The molecule has 1 fully saturated rings. The second-order valence-electron chi connectivity index (χ2n) is 7.19. The molecule has 0 unspecified atom stereocenters. The number of fused-ring (bicyclic) bond motifs is 1. The van der Waals surface area contributed by atoms with Gasteiger partial charge in [0.1, 0.15) is 0 Å². The number of hydrogen-bond acceptors (Lipinski definition) is 4. The Bertz CT molecular complexity index is 794. The molecule has 2 aliphatic heterocycles. The minimum atomic E-state index is -1.06. The van der Waals surface area contributed by atoms with Crippen LogP contribution in [0.4, 0.5) is 10.5 Å². The van der Waals surface area contributed by atoms with E-state index in [1.54, 1.807) is 11.0 Å². The SMILES string of the molecule is CC[C@@H](C=CC(=O)N1CCc2ccccc21)NC(=O)[C@@H]1CN(C(=O)O)CCCO1. The lowest BCUT2D eigenvalue weighted by Crippen LogP contribution is -2.47. The molecular formula is C21H27N3O5. The maximum absolute atomic E-state index is 12.6. The normalized spacial score (nSPS) is 20.2. The van der Waals surface area contributed by atoms with Crippen molar-refractivity contribution >= 4 is 23.6 Å². The highest BCUT2D eigenvalue weighted by Gasteiger charge is 2.28. The average molecular weight is 401 g/mol. The van der Waals surface area contributed by atoms with Crippen LogP contribution in [0.3, 0.4) is 0 Å². The molecule has 0 spiro atoms. The number of carbonyl (C=O) groups excluding carboxylic acids is 2. The van der Waals surface area contributed by atoms with Crippen LogP contribution in [-0.2, 0) is 20.7 Å². The fourth-order valence-corrected chi connectivity index (χ4v) is 3.58. The quantitative estimate of drug-likeness (QED) is 0.733. The Labute approximate surface area is 170 Å². The van der Waals surface area contributed by atoms with Crippen molar-refractivity contribution in [1.82, 2.24) is 10.2 Å². The Balaban J connectivity index is 1.59. The molecule has 2 aliphatic rings. The van der Waals surface area contributed by atoms with Gasteiger partial charge >= 0.3 is 6.09 Å². The van der Waals surface area contributed by atoms with Crippen molar-refractivity contribution in [3.05, 3.63) is 42.0 Å². The summed E-state index contributed by atoms with van der Waals surface area (Å²) in [6.45, 7) is 3.24. The Kier molecular flexibility index (Phi) is 6.87. The zero-order chi connectivity index (χ0) is 20.8. The van der Waals surface area contributed by atoms with E-state index in [0.29, 0.717) is 32.5 Å². The lowest BCUT2D eigenvalue weighted by atomic mass is 10.1. The summed E-state index contributed by atoms with van der Waals surface area (Å²) >= 11 is 0. The molecule has 1 aromatic carbocycles. The van der Waals surface area contributed by atoms with E-state index in [9.17, 15) is 19.5 Å². The van der Waals surface area contributed by atoms with E-state index in [1.165, 1.54) is 11.0 Å². The summed E-state index contributed by atoms with van der Waals surface area (Å²) in [4.78, 5) is 39.3. The van der Waals surface area contributed by atoms with Gasteiger partial charge in [-0.3, -0.25) is 9.59 Å². The van der Waals surface area contributed by atoms with E-state index in [2.05, 4.69) is 5.32 Å². The zero-order valence-electron chi connectivity index (χ0n) is 16.5. The van der Waals surface area contributed by atoms with Gasteiger partial charge in [0.2, 0.25) is 0 Å². The molecule has 3 amide bonds. The van der Waals surface area contributed by atoms with E-state index < -0.39 is 12.2 Å². The molecular weight excluding hydrogens is 374 g/mol. The highest BCUT2D eigenvalue weighted by molar-refractivity contribution is 6.03. The summed E-state index contributed by atoms with van der Waals surface area (Å²) in [5, 5.41) is 12.0. The van der Waals surface area contributed by atoms with Crippen LogP contribution in [0.1, 0.15) is 25.3 Å². The van der Waals surface area contributed by atoms with Gasteiger partial charge in [0.05, 0.1) is 6.54 Å². The first kappa shape index (κ1) is 20.9. The molecule has 8 nitrogen and oxygen atoms in total. The zero-order valence-corrected chi connectivity index (χ0v) is 16.5. The van der Waals surface area contributed by atoms with Gasteiger partial charge in [-0.15, -0.1) is 0 Å². The van der Waals surface area contributed by atoms with Crippen molar-refractivity contribution in [2.75, 3.05) is 31.1 Å². The molecule has 2 N–H and O–H groups in total. The number of carbonyl (C=O) groups is 3. The Morgan fingerprint density at radius 3 is 2.86 bits per heavy atom. The second-order valence-corrected chi connectivity index (χ2v) is 7.19. The van der Waals surface area contributed by atoms with Crippen LogP contribution < -0.4 is 10.2 Å². The molecule has 3 rings (SSSR count). The molecule has 8 heteroatoms. The summed E-state index contributed by atoms with van der Waals surface area (Å²) in [6, 6.07) is 7.50. The molecule has 156 valence electrons. The van der Waals surface area contributed by atoms with Crippen molar-refractivity contribution in [3.8, 4) is 0 Å². The van der Waals surface area contributed by atoms with Gasteiger partial charge in [-0.2, -0.15) is 0 Å². The largest absolute Gasteiger partial charge is 0.465 e. The molecule has 2 heterocycles. The van der Waals surface area contributed by atoms with Crippen LogP contribution in [-0.4, -0.2) is 66.3 Å². The number of ether oxygens (including phenoxy) is 1. The number of hydrogen-bond donors (Lipinski definition) is 2. The lowest BCUT2D eigenvalue weighted by Gasteiger charge is -2.22. The predicted molar refractivity (Wildman–Crippen MR) is 108 cm³/mol. The molecule has 29 heavy (non-hydrogen) atoms. The predicted octanol–water partition coefficient (Wildman–Crippen LogP) is 1.80. The molecule has 0 aromatic heterocycles. The highest BCUT2D eigenvalue weighted by Crippen LogP contribution is 2.27. The maximum Gasteiger partial charge on any atom is 0.407 e. The van der Waals surface area contributed by atoms with E-state index >= 15 is 0 Å². The van der Waals surface area contributed by atoms with Gasteiger partial charge in [-0.05, 0) is 30.9 Å². The lowest BCUT2D eigenvalue weighted by molar-refractivity contribution is -0.133. The topological polar surface area (TPSA) is 99.2 Å². The Hall–Kier alpha value is -2.87. The van der Waals surface area contributed by atoms with Crippen LogP contribution in [0.25, 0.3) is 0 Å². The van der Waals surface area contributed by atoms with Crippen molar-refractivity contribution in [2.45, 2.75) is 38.3 Å². The monoisotopic (exact) mass is 401 g/mol. The van der Waals surface area contributed by atoms with Crippen LogP contribution >= 0.6 is 0 Å². The van der Waals surface area contributed by atoms with Crippen LogP contribution in [0.2, 0.25) is 0 Å². The summed E-state index contributed by atoms with van der Waals surface area (Å²) < 4.78 is 5.52. The maximum atomic E-state index is 12.6. The van der Waals surface area contributed by atoms with Gasteiger partial charge < -0.3 is 25.0 Å². The first-order valence-electron chi connectivity index (χ1n) is 9.97. The standard InChI is InChI=1S/C21H27N3O5/c1-2-16(22-20(26)18-14-23(21(27)28)11-5-13-29-18)8-9-19(25)24-12-10-15-6-3-4-7-17(15)24/h3-4,6-9,16,18H,2,5,10-14H2,1H3,(H,22,26)(H,27,28)/t16-,18-/m0/s1. The fourth-order valence-electron chi connectivity index (χ4n) is 3.58. The number of carboxylic acid groups (broad SMARTS) is 1. The Morgan fingerprint density at radius 2 is 2.10 bits per heavy atom. The minimum absolute atomic E-state index is 0.00477. The number of rotatable bonds is 5. The van der Waals surface area contributed by atoms with E-state index in [0.717, 1.165) is 17.7 Å². The Morgan fingerprint density at radius 1 is 1.31 bits per heavy atom. The third-order valence-corrected chi connectivity index (χ3v) is 5.23. The van der Waals surface area contributed by atoms with Crippen molar-refractivity contribution < 1.29 is 24.2 Å². The van der Waals surface area contributed by atoms with Crippen LogP contribution in [0, 0.1) is 0 Å². The fraction of sp³-hybridized carbons (Fsp3) is 0.476.